The lowest BCUT2D eigenvalue weighted by molar-refractivity contribution is 0.659. The molecule has 1 unspecified atom stereocenters. The minimum absolute atomic E-state index is 0.559. The van der Waals surface area contributed by atoms with Gasteiger partial charge in [-0.1, -0.05) is 30.1 Å². The van der Waals surface area contributed by atoms with E-state index in [9.17, 15) is 0 Å². The fourth-order valence-corrected chi connectivity index (χ4v) is 2.55. The zero-order chi connectivity index (χ0) is 11.7. The first-order valence-corrected chi connectivity index (χ1v) is 6.16. The van der Waals surface area contributed by atoms with E-state index < -0.39 is 0 Å². The van der Waals surface area contributed by atoms with Crippen molar-refractivity contribution in [3.8, 4) is 0 Å². The van der Waals surface area contributed by atoms with Gasteiger partial charge in [0.05, 0.1) is 10.0 Å². The Hall–Kier alpha value is -0.670. The Kier molecular flexibility index (Phi) is 3.45. The highest BCUT2D eigenvalue weighted by molar-refractivity contribution is 6.37. The van der Waals surface area contributed by atoms with E-state index in [4.69, 9.17) is 23.2 Å². The van der Waals surface area contributed by atoms with Crippen molar-refractivity contribution in [3.05, 3.63) is 16.1 Å². The molecule has 1 aromatic heterocycles. The van der Waals surface area contributed by atoms with Crippen molar-refractivity contribution in [2.45, 2.75) is 13.3 Å². The first-order chi connectivity index (χ1) is 7.61. The predicted octanol–water partition coefficient (Wildman–Crippen LogP) is 3.28. The summed E-state index contributed by atoms with van der Waals surface area (Å²) >= 11 is 12.2. The summed E-state index contributed by atoms with van der Waals surface area (Å²) in [5, 5.41) is 4.15. The van der Waals surface area contributed by atoms with Gasteiger partial charge < -0.3 is 10.2 Å². The summed E-state index contributed by atoms with van der Waals surface area (Å²) in [6.45, 7) is 4.26. The third-order valence-electron chi connectivity index (χ3n) is 2.87. The Morgan fingerprint density at radius 1 is 1.44 bits per heavy atom. The number of hydrogen-bond donors (Lipinski definition) is 1. The predicted molar refractivity (Wildman–Crippen MR) is 69.8 cm³/mol. The van der Waals surface area contributed by atoms with Gasteiger partial charge in [0.25, 0.3) is 0 Å². The van der Waals surface area contributed by atoms with Crippen molar-refractivity contribution in [2.75, 3.05) is 30.4 Å². The average molecular weight is 260 g/mol. The number of nitrogens with zero attached hydrogens (tertiary/aromatic N) is 2. The van der Waals surface area contributed by atoms with Gasteiger partial charge in [0.1, 0.15) is 11.6 Å². The van der Waals surface area contributed by atoms with Crippen LogP contribution < -0.4 is 10.2 Å². The first-order valence-electron chi connectivity index (χ1n) is 5.40. The van der Waals surface area contributed by atoms with Gasteiger partial charge in [-0.3, -0.25) is 0 Å². The van der Waals surface area contributed by atoms with Crippen molar-refractivity contribution >= 4 is 34.8 Å². The van der Waals surface area contributed by atoms with E-state index in [-0.39, 0.29) is 0 Å². The topological polar surface area (TPSA) is 28.2 Å². The lowest BCUT2D eigenvalue weighted by Gasteiger charge is -2.19. The van der Waals surface area contributed by atoms with Crippen LogP contribution in [0.2, 0.25) is 10.0 Å². The second-order valence-corrected chi connectivity index (χ2v) is 5.03. The van der Waals surface area contributed by atoms with Gasteiger partial charge in [-0.05, 0) is 18.4 Å². The average Bonchev–Trinajstić information content (AvgIpc) is 2.65. The fraction of sp³-hybridized carbons (Fsp3) is 0.545. The van der Waals surface area contributed by atoms with E-state index in [1.54, 1.807) is 13.1 Å². The van der Waals surface area contributed by atoms with Gasteiger partial charge in [0.2, 0.25) is 0 Å². The molecule has 1 saturated heterocycles. The van der Waals surface area contributed by atoms with E-state index in [0.29, 0.717) is 21.8 Å². The van der Waals surface area contributed by atoms with Gasteiger partial charge in [0, 0.05) is 20.1 Å². The molecule has 2 rings (SSSR count). The maximum atomic E-state index is 6.17. The minimum atomic E-state index is 0.559. The molecule has 1 atom stereocenters. The van der Waals surface area contributed by atoms with Crippen molar-refractivity contribution < 1.29 is 0 Å². The van der Waals surface area contributed by atoms with E-state index >= 15 is 0 Å². The molecule has 0 bridgehead atoms. The maximum Gasteiger partial charge on any atom is 0.149 e. The van der Waals surface area contributed by atoms with Crippen LogP contribution in [0.4, 0.5) is 11.6 Å². The number of hydrogen-bond acceptors (Lipinski definition) is 3. The van der Waals surface area contributed by atoms with Crippen molar-refractivity contribution in [2.24, 2.45) is 5.92 Å². The third kappa shape index (κ3) is 2.20. The van der Waals surface area contributed by atoms with E-state index in [1.165, 1.54) is 6.42 Å². The lowest BCUT2D eigenvalue weighted by Crippen LogP contribution is -2.21. The monoisotopic (exact) mass is 259 g/mol. The van der Waals surface area contributed by atoms with E-state index in [2.05, 4.69) is 22.1 Å². The van der Waals surface area contributed by atoms with Crippen LogP contribution in [0.15, 0.2) is 6.07 Å². The van der Waals surface area contributed by atoms with E-state index in [0.717, 1.165) is 18.9 Å². The molecule has 2 heterocycles. The smallest absolute Gasteiger partial charge is 0.149 e. The molecule has 88 valence electrons. The normalized spacial score (nSPS) is 20.2. The number of pyridine rings is 1. The highest BCUT2D eigenvalue weighted by atomic mass is 35.5. The summed E-state index contributed by atoms with van der Waals surface area (Å²) in [5.74, 6) is 2.21. The number of halogens is 2. The summed E-state index contributed by atoms with van der Waals surface area (Å²) < 4.78 is 0. The van der Waals surface area contributed by atoms with Gasteiger partial charge in [-0.25, -0.2) is 4.98 Å². The van der Waals surface area contributed by atoms with Crippen molar-refractivity contribution in [1.82, 2.24) is 4.98 Å². The zero-order valence-corrected chi connectivity index (χ0v) is 10.9. The Labute approximate surface area is 106 Å². The Bertz CT molecular complexity index is 395. The second kappa shape index (κ2) is 4.68. The van der Waals surface area contributed by atoms with Gasteiger partial charge >= 0.3 is 0 Å². The molecule has 16 heavy (non-hydrogen) atoms. The van der Waals surface area contributed by atoms with Crippen LogP contribution in [0.3, 0.4) is 0 Å². The van der Waals surface area contributed by atoms with Gasteiger partial charge in [0.15, 0.2) is 0 Å². The maximum absolute atomic E-state index is 6.17. The highest BCUT2D eigenvalue weighted by Gasteiger charge is 2.22. The Morgan fingerprint density at radius 3 is 2.75 bits per heavy atom. The first kappa shape index (κ1) is 11.8. The second-order valence-electron chi connectivity index (χ2n) is 4.21. The van der Waals surface area contributed by atoms with E-state index in [1.807, 2.05) is 0 Å². The molecule has 1 aliphatic heterocycles. The molecule has 0 aromatic carbocycles. The molecular weight excluding hydrogens is 245 g/mol. The molecule has 0 aliphatic carbocycles. The SMILES string of the molecule is CNc1nc(N2CCC(C)C2)c(Cl)cc1Cl. The molecule has 0 saturated carbocycles. The molecule has 1 aliphatic rings. The summed E-state index contributed by atoms with van der Waals surface area (Å²) in [6.07, 6.45) is 1.19. The van der Waals surface area contributed by atoms with Crippen LogP contribution >= 0.6 is 23.2 Å². The highest BCUT2D eigenvalue weighted by Crippen LogP contribution is 2.33. The summed E-state index contributed by atoms with van der Waals surface area (Å²) in [4.78, 5) is 6.67. The molecule has 3 nitrogen and oxygen atoms in total. The number of nitrogens with one attached hydrogen (secondary N) is 1. The molecular formula is C11H15Cl2N3. The number of anilines is 2. The molecule has 1 fully saturated rings. The molecule has 1 N–H and O–H groups in total. The van der Waals surface area contributed by atoms with Crippen LogP contribution in [0.1, 0.15) is 13.3 Å². The van der Waals surface area contributed by atoms with Gasteiger partial charge in [-0.15, -0.1) is 0 Å². The molecule has 0 radical (unpaired) electrons. The third-order valence-corrected chi connectivity index (χ3v) is 3.44. The van der Waals surface area contributed by atoms with Crippen LogP contribution in [-0.4, -0.2) is 25.1 Å². The lowest BCUT2D eigenvalue weighted by atomic mass is 10.2. The largest absolute Gasteiger partial charge is 0.372 e. The summed E-state index contributed by atoms with van der Waals surface area (Å²) in [5.41, 5.74) is 0. The van der Waals surface area contributed by atoms with Gasteiger partial charge in [-0.2, -0.15) is 0 Å². The molecule has 1 aromatic rings. The van der Waals surface area contributed by atoms with Crippen LogP contribution in [0.25, 0.3) is 0 Å². The number of rotatable bonds is 2. The standard InChI is InChI=1S/C11H15Cl2N3/c1-7-3-4-16(6-7)11-9(13)5-8(12)10(14-2)15-11/h5,7H,3-4,6H2,1-2H3,(H,14,15). The van der Waals surface area contributed by atoms with Crippen LogP contribution in [0.5, 0.6) is 0 Å². The molecule has 0 amide bonds. The van der Waals surface area contributed by atoms with Crippen LogP contribution in [-0.2, 0) is 0 Å². The zero-order valence-electron chi connectivity index (χ0n) is 9.43. The quantitative estimate of drug-likeness (QED) is 0.884. The van der Waals surface area contributed by atoms with Crippen LogP contribution in [0, 0.1) is 5.92 Å². The Morgan fingerprint density at radius 2 is 2.19 bits per heavy atom. The van der Waals surface area contributed by atoms with Crippen molar-refractivity contribution in [1.29, 1.82) is 0 Å². The summed E-state index contributed by atoms with van der Waals surface area (Å²) in [7, 11) is 1.80. The fourth-order valence-electron chi connectivity index (χ4n) is 1.98. The number of aromatic nitrogens is 1. The molecule has 0 spiro atoms. The summed E-state index contributed by atoms with van der Waals surface area (Å²) in [6, 6.07) is 1.75. The molecule has 5 heteroatoms. The minimum Gasteiger partial charge on any atom is -0.372 e. The Balaban J connectivity index is 2.33. The van der Waals surface area contributed by atoms with Crippen molar-refractivity contribution in [3.63, 3.8) is 0 Å².